The largest absolute Gasteiger partial charge is 0.387 e. The third-order valence-electron chi connectivity index (χ3n) is 3.74. The number of aliphatic hydroxyl groups is 1. The van der Waals surface area contributed by atoms with E-state index in [1.54, 1.807) is 6.92 Å². The van der Waals surface area contributed by atoms with Crippen molar-refractivity contribution in [3.63, 3.8) is 0 Å². The van der Waals surface area contributed by atoms with Crippen LogP contribution in [0, 0.1) is 0 Å². The maximum atomic E-state index is 9.66. The van der Waals surface area contributed by atoms with Crippen molar-refractivity contribution in [2.75, 3.05) is 38.1 Å². The van der Waals surface area contributed by atoms with Gasteiger partial charge in [0.2, 0.25) is 0 Å². The number of aliphatic hydroxyl groups excluding tert-OH is 1. The Bertz CT molecular complexity index is 571. The minimum Gasteiger partial charge on any atom is -0.387 e. The molecule has 1 unspecified atom stereocenters. The molecule has 5 nitrogen and oxygen atoms in total. The van der Waals surface area contributed by atoms with Crippen LogP contribution in [0.3, 0.4) is 0 Å². The Morgan fingerprint density at radius 1 is 1.04 bits per heavy atom. The molecule has 1 atom stereocenters. The molecular weight excluding hydrogens is 288 g/mol. The summed E-state index contributed by atoms with van der Waals surface area (Å²) in [4.78, 5) is 9.17. The molecule has 23 heavy (non-hydrogen) atoms. The molecule has 0 bridgehead atoms. The molecule has 0 radical (unpaired) electrons. The SMILES string of the molecule is CC.CC.CC(O)c1cn2c(N3CCN(C)CC3)cccc2n1. The third-order valence-corrected chi connectivity index (χ3v) is 3.74. The predicted molar refractivity (Wildman–Crippen MR) is 98.2 cm³/mol. The van der Waals surface area contributed by atoms with Gasteiger partial charge in [0.05, 0.1) is 11.8 Å². The summed E-state index contributed by atoms with van der Waals surface area (Å²) >= 11 is 0. The van der Waals surface area contributed by atoms with Gasteiger partial charge in [-0.3, -0.25) is 4.40 Å². The first-order valence-electron chi connectivity index (χ1n) is 8.75. The zero-order valence-electron chi connectivity index (χ0n) is 15.5. The van der Waals surface area contributed by atoms with Crippen molar-refractivity contribution < 1.29 is 5.11 Å². The van der Waals surface area contributed by atoms with Gasteiger partial charge in [-0.05, 0) is 26.1 Å². The van der Waals surface area contributed by atoms with Crippen LogP contribution < -0.4 is 4.90 Å². The molecule has 5 heteroatoms. The zero-order valence-corrected chi connectivity index (χ0v) is 15.5. The van der Waals surface area contributed by atoms with E-state index in [1.165, 1.54) is 0 Å². The molecule has 0 saturated carbocycles. The molecule has 130 valence electrons. The molecule has 1 fully saturated rings. The van der Waals surface area contributed by atoms with Crippen molar-refractivity contribution in [1.29, 1.82) is 0 Å². The number of anilines is 1. The smallest absolute Gasteiger partial charge is 0.138 e. The van der Waals surface area contributed by atoms with Gasteiger partial charge in [0.1, 0.15) is 11.5 Å². The van der Waals surface area contributed by atoms with Crippen LogP contribution in [0.2, 0.25) is 0 Å². The lowest BCUT2D eigenvalue weighted by atomic mass is 10.3. The Hall–Kier alpha value is -1.59. The lowest BCUT2D eigenvalue weighted by Crippen LogP contribution is -2.45. The first-order valence-corrected chi connectivity index (χ1v) is 8.75. The Kier molecular flexibility index (Phi) is 8.06. The van der Waals surface area contributed by atoms with Gasteiger partial charge in [0.15, 0.2) is 0 Å². The highest BCUT2D eigenvalue weighted by atomic mass is 16.3. The molecule has 0 spiro atoms. The van der Waals surface area contributed by atoms with Crippen LogP contribution in [-0.4, -0.2) is 52.6 Å². The first-order chi connectivity index (χ1) is 11.1. The molecular formula is C18H32N4O. The minimum atomic E-state index is -0.528. The molecule has 0 amide bonds. The van der Waals surface area contributed by atoms with Gasteiger partial charge in [0.25, 0.3) is 0 Å². The van der Waals surface area contributed by atoms with Gasteiger partial charge >= 0.3 is 0 Å². The third kappa shape index (κ3) is 4.69. The number of pyridine rings is 1. The molecule has 3 rings (SSSR count). The highest BCUT2D eigenvalue weighted by molar-refractivity contribution is 5.53. The maximum Gasteiger partial charge on any atom is 0.138 e. The number of hydrogen-bond donors (Lipinski definition) is 1. The molecule has 0 aromatic carbocycles. The molecule has 2 aromatic heterocycles. The number of fused-ring (bicyclic) bond motifs is 1. The minimum absolute atomic E-state index is 0.528. The van der Waals surface area contributed by atoms with Gasteiger partial charge in [-0.25, -0.2) is 4.98 Å². The predicted octanol–water partition coefficient (Wildman–Crippen LogP) is 3.19. The Balaban J connectivity index is 0.000000615. The molecule has 3 heterocycles. The molecule has 0 aliphatic carbocycles. The van der Waals surface area contributed by atoms with Crippen LogP contribution in [0.4, 0.5) is 5.82 Å². The number of aromatic nitrogens is 2. The van der Waals surface area contributed by atoms with Crippen molar-refractivity contribution in [3.05, 3.63) is 30.1 Å². The first kappa shape index (κ1) is 19.5. The number of nitrogens with zero attached hydrogens (tertiary/aromatic N) is 4. The fourth-order valence-electron chi connectivity index (χ4n) is 2.51. The fourth-order valence-corrected chi connectivity index (χ4v) is 2.51. The van der Waals surface area contributed by atoms with Gasteiger partial charge in [-0.15, -0.1) is 0 Å². The summed E-state index contributed by atoms with van der Waals surface area (Å²) in [6.07, 6.45) is 1.41. The average Bonchev–Trinajstić information content (AvgIpc) is 3.04. The summed E-state index contributed by atoms with van der Waals surface area (Å²) < 4.78 is 2.08. The van der Waals surface area contributed by atoms with Crippen molar-refractivity contribution in [1.82, 2.24) is 14.3 Å². The summed E-state index contributed by atoms with van der Waals surface area (Å²) in [5.41, 5.74) is 1.62. The second kappa shape index (κ2) is 9.53. The summed E-state index contributed by atoms with van der Waals surface area (Å²) in [5, 5.41) is 9.66. The van der Waals surface area contributed by atoms with E-state index in [4.69, 9.17) is 0 Å². The summed E-state index contributed by atoms with van der Waals surface area (Å²) in [5.74, 6) is 1.16. The van der Waals surface area contributed by atoms with Gasteiger partial charge < -0.3 is 14.9 Å². The highest BCUT2D eigenvalue weighted by Gasteiger charge is 2.17. The summed E-state index contributed by atoms with van der Waals surface area (Å²) in [7, 11) is 2.15. The molecule has 2 aromatic rings. The molecule has 1 aliphatic heterocycles. The van der Waals surface area contributed by atoms with E-state index in [0.29, 0.717) is 0 Å². The topological polar surface area (TPSA) is 44.0 Å². The van der Waals surface area contributed by atoms with E-state index in [-0.39, 0.29) is 0 Å². The Morgan fingerprint density at radius 3 is 2.22 bits per heavy atom. The van der Waals surface area contributed by atoms with Crippen LogP contribution in [0.15, 0.2) is 24.4 Å². The van der Waals surface area contributed by atoms with Crippen molar-refractivity contribution >= 4 is 11.5 Å². The standard InChI is InChI=1S/C14H20N4O.2C2H6/c1-11(19)12-10-18-13(15-12)4-3-5-14(18)17-8-6-16(2)7-9-17;2*1-2/h3-5,10-11,19H,6-9H2,1-2H3;2*1-2H3. The number of likely N-dealkylation sites (N-methyl/N-ethyl adjacent to an activating group) is 1. The van der Waals surface area contributed by atoms with E-state index in [0.717, 1.165) is 43.3 Å². The van der Waals surface area contributed by atoms with E-state index >= 15 is 0 Å². The van der Waals surface area contributed by atoms with Gasteiger partial charge in [0, 0.05) is 32.4 Å². The Morgan fingerprint density at radius 2 is 1.65 bits per heavy atom. The second-order valence-electron chi connectivity index (χ2n) is 5.24. The normalized spacial score (nSPS) is 16.2. The maximum absolute atomic E-state index is 9.66. The zero-order chi connectivity index (χ0) is 17.4. The van der Waals surface area contributed by atoms with Crippen LogP contribution in [0.1, 0.15) is 46.4 Å². The lowest BCUT2D eigenvalue weighted by Gasteiger charge is -2.34. The van der Waals surface area contributed by atoms with Crippen molar-refractivity contribution in [2.24, 2.45) is 0 Å². The van der Waals surface area contributed by atoms with Gasteiger partial charge in [-0.1, -0.05) is 33.8 Å². The Labute approximate surface area is 140 Å². The summed E-state index contributed by atoms with van der Waals surface area (Å²) in [6, 6.07) is 6.12. The monoisotopic (exact) mass is 320 g/mol. The number of imidazole rings is 1. The molecule has 1 saturated heterocycles. The van der Waals surface area contributed by atoms with Crippen LogP contribution in [0.25, 0.3) is 5.65 Å². The van der Waals surface area contributed by atoms with Crippen LogP contribution in [-0.2, 0) is 0 Å². The highest BCUT2D eigenvalue weighted by Crippen LogP contribution is 2.21. The fraction of sp³-hybridized carbons (Fsp3) is 0.611. The van der Waals surface area contributed by atoms with E-state index in [2.05, 4.69) is 32.3 Å². The quantitative estimate of drug-likeness (QED) is 0.923. The number of hydrogen-bond acceptors (Lipinski definition) is 4. The van der Waals surface area contributed by atoms with Crippen molar-refractivity contribution in [3.8, 4) is 0 Å². The lowest BCUT2D eigenvalue weighted by molar-refractivity contribution is 0.195. The van der Waals surface area contributed by atoms with Crippen molar-refractivity contribution in [2.45, 2.75) is 40.7 Å². The second-order valence-corrected chi connectivity index (χ2v) is 5.24. The molecule has 1 N–H and O–H groups in total. The average molecular weight is 320 g/mol. The van der Waals surface area contributed by atoms with Crippen LogP contribution in [0.5, 0.6) is 0 Å². The van der Waals surface area contributed by atoms with Gasteiger partial charge in [-0.2, -0.15) is 0 Å². The van der Waals surface area contributed by atoms with Crippen LogP contribution >= 0.6 is 0 Å². The van der Waals surface area contributed by atoms with E-state index in [9.17, 15) is 5.11 Å². The number of piperazine rings is 1. The van der Waals surface area contributed by atoms with E-state index in [1.807, 2.05) is 46.0 Å². The molecule has 1 aliphatic rings. The van der Waals surface area contributed by atoms with E-state index < -0.39 is 6.10 Å². The summed E-state index contributed by atoms with van der Waals surface area (Å²) in [6.45, 7) is 14.0. The number of rotatable bonds is 2.